The van der Waals surface area contributed by atoms with Crippen LogP contribution in [0.5, 0.6) is 0 Å². The summed E-state index contributed by atoms with van der Waals surface area (Å²) in [6, 6.07) is 4.54. The first kappa shape index (κ1) is 16.5. The van der Waals surface area contributed by atoms with Gasteiger partial charge in [0.2, 0.25) is 0 Å². The number of hydrogen-bond acceptors (Lipinski definition) is 4. The van der Waals surface area contributed by atoms with Crippen molar-refractivity contribution in [3.05, 3.63) is 23.7 Å². The van der Waals surface area contributed by atoms with Crippen LogP contribution in [-0.2, 0) is 6.54 Å². The second-order valence-corrected chi connectivity index (χ2v) is 7.44. The van der Waals surface area contributed by atoms with Crippen LogP contribution in [0.1, 0.15) is 38.7 Å². The first-order chi connectivity index (χ1) is 9.87. The molecule has 21 heavy (non-hydrogen) atoms. The highest BCUT2D eigenvalue weighted by Crippen LogP contribution is 2.22. The van der Waals surface area contributed by atoms with E-state index in [1.54, 1.807) is 0 Å². The van der Waals surface area contributed by atoms with Crippen molar-refractivity contribution < 1.29 is 9.52 Å². The zero-order chi connectivity index (χ0) is 15.5. The van der Waals surface area contributed by atoms with Crippen LogP contribution in [0.15, 0.2) is 16.5 Å². The molecule has 0 bridgehead atoms. The fourth-order valence-corrected chi connectivity index (χ4v) is 3.13. The van der Waals surface area contributed by atoms with Gasteiger partial charge in [0.25, 0.3) is 0 Å². The molecule has 1 aromatic heterocycles. The average Bonchev–Trinajstić information content (AvgIpc) is 2.77. The molecule has 0 spiro atoms. The summed E-state index contributed by atoms with van der Waals surface area (Å²) < 4.78 is 5.68. The van der Waals surface area contributed by atoms with Crippen molar-refractivity contribution in [3.63, 3.8) is 0 Å². The van der Waals surface area contributed by atoms with Crippen molar-refractivity contribution in [1.29, 1.82) is 0 Å². The Labute approximate surface area is 128 Å². The molecule has 1 fully saturated rings. The second-order valence-electron chi connectivity index (χ2n) is 7.44. The Kier molecular flexibility index (Phi) is 5.47. The van der Waals surface area contributed by atoms with Gasteiger partial charge in [0, 0.05) is 38.8 Å². The number of aliphatic hydroxyl groups excluding tert-OH is 1. The van der Waals surface area contributed by atoms with Crippen LogP contribution in [0, 0.1) is 12.3 Å². The topological polar surface area (TPSA) is 39.9 Å². The minimum atomic E-state index is 0.263. The lowest BCUT2D eigenvalue weighted by Crippen LogP contribution is -2.54. The maximum atomic E-state index is 9.35. The zero-order valence-electron chi connectivity index (χ0n) is 13.9. The van der Waals surface area contributed by atoms with Gasteiger partial charge in [0.05, 0.1) is 6.54 Å². The van der Waals surface area contributed by atoms with Crippen LogP contribution in [0.3, 0.4) is 0 Å². The number of rotatable bonds is 5. The van der Waals surface area contributed by atoms with Gasteiger partial charge in [-0.3, -0.25) is 9.80 Å². The number of hydrogen-bond donors (Lipinski definition) is 1. The molecule has 0 radical (unpaired) electrons. The Morgan fingerprint density at radius 3 is 2.62 bits per heavy atom. The summed E-state index contributed by atoms with van der Waals surface area (Å²) in [4.78, 5) is 4.98. The van der Waals surface area contributed by atoms with E-state index >= 15 is 0 Å². The molecule has 1 aromatic rings. The second kappa shape index (κ2) is 6.95. The number of furan rings is 1. The van der Waals surface area contributed by atoms with Gasteiger partial charge in [-0.15, -0.1) is 0 Å². The number of nitrogens with zero attached hydrogens (tertiary/aromatic N) is 2. The molecule has 0 unspecified atom stereocenters. The van der Waals surface area contributed by atoms with E-state index in [0.29, 0.717) is 11.5 Å². The number of aliphatic hydroxyl groups is 1. The molecule has 2 heterocycles. The van der Waals surface area contributed by atoms with Gasteiger partial charge in [0.15, 0.2) is 0 Å². The van der Waals surface area contributed by atoms with Crippen LogP contribution in [0.25, 0.3) is 0 Å². The van der Waals surface area contributed by atoms with Crippen LogP contribution >= 0.6 is 0 Å². The Morgan fingerprint density at radius 1 is 1.29 bits per heavy atom. The van der Waals surface area contributed by atoms with E-state index in [-0.39, 0.29) is 6.61 Å². The van der Waals surface area contributed by atoms with Crippen molar-refractivity contribution in [2.45, 2.75) is 46.7 Å². The summed E-state index contributed by atoms with van der Waals surface area (Å²) in [5, 5.41) is 9.35. The van der Waals surface area contributed by atoms with Gasteiger partial charge in [0.1, 0.15) is 11.5 Å². The van der Waals surface area contributed by atoms with Gasteiger partial charge in [-0.05, 0) is 30.9 Å². The summed E-state index contributed by atoms with van der Waals surface area (Å²) in [7, 11) is 0. The van der Waals surface area contributed by atoms with E-state index in [1.165, 1.54) is 0 Å². The summed E-state index contributed by atoms with van der Waals surface area (Å²) in [5.74, 6) is 2.02. The summed E-state index contributed by atoms with van der Waals surface area (Å²) in [6.45, 7) is 14.2. The van der Waals surface area contributed by atoms with E-state index in [9.17, 15) is 5.11 Å². The van der Waals surface area contributed by atoms with Crippen molar-refractivity contribution in [2.75, 3.05) is 32.8 Å². The Hall–Kier alpha value is -0.840. The molecule has 0 aliphatic carbocycles. The van der Waals surface area contributed by atoms with E-state index < -0.39 is 0 Å². The SMILES string of the molecule is Cc1ccc(CN2CCN(CC(C)(C)C)[C@H](CCO)C2)o1. The Balaban J connectivity index is 1.94. The van der Waals surface area contributed by atoms with E-state index in [1.807, 2.05) is 13.0 Å². The molecular formula is C17H30N2O2. The van der Waals surface area contributed by atoms with E-state index in [4.69, 9.17) is 4.42 Å². The van der Waals surface area contributed by atoms with Gasteiger partial charge in [-0.1, -0.05) is 20.8 Å². The molecule has 4 heteroatoms. The predicted octanol–water partition coefficient (Wildman–Crippen LogP) is 2.50. The molecular weight excluding hydrogens is 264 g/mol. The first-order valence-electron chi connectivity index (χ1n) is 8.00. The lowest BCUT2D eigenvalue weighted by atomic mass is 9.94. The molecule has 2 rings (SSSR count). The molecule has 1 atom stereocenters. The number of aryl methyl sites for hydroxylation is 1. The molecule has 0 amide bonds. The lowest BCUT2D eigenvalue weighted by molar-refractivity contribution is 0.0314. The smallest absolute Gasteiger partial charge is 0.118 e. The van der Waals surface area contributed by atoms with Crippen LogP contribution in [0.2, 0.25) is 0 Å². The predicted molar refractivity (Wildman–Crippen MR) is 85.2 cm³/mol. The fraction of sp³-hybridized carbons (Fsp3) is 0.765. The summed E-state index contributed by atoms with van der Waals surface area (Å²) in [6.07, 6.45) is 0.851. The molecule has 1 saturated heterocycles. The Morgan fingerprint density at radius 2 is 2.05 bits per heavy atom. The molecule has 1 aliphatic rings. The van der Waals surface area contributed by atoms with Crippen molar-refractivity contribution in [1.82, 2.24) is 9.80 Å². The molecule has 1 N–H and O–H groups in total. The van der Waals surface area contributed by atoms with Crippen LogP contribution in [-0.4, -0.2) is 53.7 Å². The quantitative estimate of drug-likeness (QED) is 0.906. The molecule has 4 nitrogen and oxygen atoms in total. The van der Waals surface area contributed by atoms with E-state index in [0.717, 1.165) is 50.7 Å². The standard InChI is InChI=1S/C17H30N2O2/c1-14-5-6-16(21-14)12-18-8-9-19(13-17(2,3)4)15(11-18)7-10-20/h5-6,15,20H,7-13H2,1-4H3/t15-/m1/s1. The van der Waals surface area contributed by atoms with E-state index in [2.05, 4.69) is 36.6 Å². The van der Waals surface area contributed by atoms with Crippen molar-refractivity contribution in [2.24, 2.45) is 5.41 Å². The monoisotopic (exact) mass is 294 g/mol. The molecule has 120 valence electrons. The third-order valence-corrected chi connectivity index (χ3v) is 4.00. The highest BCUT2D eigenvalue weighted by atomic mass is 16.3. The van der Waals surface area contributed by atoms with Gasteiger partial charge in [-0.2, -0.15) is 0 Å². The minimum Gasteiger partial charge on any atom is -0.465 e. The third kappa shape index (κ3) is 5.13. The largest absolute Gasteiger partial charge is 0.465 e. The third-order valence-electron chi connectivity index (χ3n) is 4.00. The van der Waals surface area contributed by atoms with Gasteiger partial charge < -0.3 is 9.52 Å². The summed E-state index contributed by atoms with van der Waals surface area (Å²) >= 11 is 0. The zero-order valence-corrected chi connectivity index (χ0v) is 13.9. The lowest BCUT2D eigenvalue weighted by Gasteiger charge is -2.43. The van der Waals surface area contributed by atoms with Crippen LogP contribution in [0.4, 0.5) is 0 Å². The maximum Gasteiger partial charge on any atom is 0.118 e. The average molecular weight is 294 g/mol. The number of piperazine rings is 1. The highest BCUT2D eigenvalue weighted by molar-refractivity contribution is 5.05. The minimum absolute atomic E-state index is 0.263. The van der Waals surface area contributed by atoms with Gasteiger partial charge >= 0.3 is 0 Å². The maximum absolute atomic E-state index is 9.35. The highest BCUT2D eigenvalue weighted by Gasteiger charge is 2.29. The summed E-state index contributed by atoms with van der Waals surface area (Å²) in [5.41, 5.74) is 0.300. The fourth-order valence-electron chi connectivity index (χ4n) is 3.13. The molecule has 1 aliphatic heterocycles. The molecule has 0 aromatic carbocycles. The van der Waals surface area contributed by atoms with Gasteiger partial charge in [-0.25, -0.2) is 0 Å². The van der Waals surface area contributed by atoms with Crippen molar-refractivity contribution in [3.8, 4) is 0 Å². The van der Waals surface area contributed by atoms with Crippen LogP contribution < -0.4 is 0 Å². The molecule has 0 saturated carbocycles. The normalized spacial score (nSPS) is 21.9. The van der Waals surface area contributed by atoms with Crippen molar-refractivity contribution >= 4 is 0 Å². The Bertz CT molecular complexity index is 436. The first-order valence-corrected chi connectivity index (χ1v) is 8.00.